The second kappa shape index (κ2) is 2.69. The van der Waals surface area contributed by atoms with Gasteiger partial charge in [-0.1, -0.05) is 0 Å². The average Bonchev–Trinajstić information content (AvgIpc) is 2.49. The van der Waals surface area contributed by atoms with E-state index in [0.717, 1.165) is 0 Å². The van der Waals surface area contributed by atoms with Crippen molar-refractivity contribution >= 4 is 5.95 Å². The molecule has 0 amide bonds. The highest BCUT2D eigenvalue weighted by Crippen LogP contribution is 2.25. The van der Waals surface area contributed by atoms with Crippen molar-refractivity contribution in [3.8, 4) is 0 Å². The molecule has 2 rings (SSSR count). The molecule has 1 N–H and O–H groups in total. The normalized spacial score (nSPS) is 22.1. The van der Waals surface area contributed by atoms with Gasteiger partial charge in [-0.05, 0) is 6.42 Å². The Morgan fingerprint density at radius 2 is 2.50 bits per heavy atom. The Kier molecular flexibility index (Phi) is 1.67. The van der Waals surface area contributed by atoms with Crippen LogP contribution in [0.25, 0.3) is 0 Å². The Balaban J connectivity index is 2.31. The molecule has 0 aliphatic carbocycles. The number of hydrogen-bond donors (Lipinski definition) is 1. The lowest BCUT2D eigenvalue weighted by Crippen LogP contribution is -2.28. The van der Waals surface area contributed by atoms with Crippen LogP contribution in [-0.2, 0) is 0 Å². The summed E-state index contributed by atoms with van der Waals surface area (Å²) >= 11 is 0. The molecule has 4 nitrogen and oxygen atoms in total. The third kappa shape index (κ3) is 1.03. The van der Waals surface area contributed by atoms with Crippen molar-refractivity contribution in [3.63, 3.8) is 0 Å². The molecule has 12 heavy (non-hydrogen) atoms. The van der Waals surface area contributed by atoms with Gasteiger partial charge in [0, 0.05) is 6.54 Å². The smallest absolute Gasteiger partial charge is 0.260 e. The van der Waals surface area contributed by atoms with E-state index in [2.05, 4.69) is 15.4 Å². The molecule has 1 aliphatic heterocycles. The van der Waals surface area contributed by atoms with Crippen molar-refractivity contribution < 1.29 is 8.78 Å². The first kappa shape index (κ1) is 7.45. The number of fused-ring (bicyclic) bond motifs is 1. The van der Waals surface area contributed by atoms with Crippen LogP contribution >= 0.6 is 0 Å². The van der Waals surface area contributed by atoms with Crippen molar-refractivity contribution in [1.29, 1.82) is 0 Å². The lowest BCUT2D eigenvalue weighted by molar-refractivity contribution is 0.0713. The summed E-state index contributed by atoms with van der Waals surface area (Å²) in [6.07, 6.45) is -0.690. The number of nitrogens with zero attached hydrogens (tertiary/aromatic N) is 3. The fraction of sp³-hybridized carbons (Fsp3) is 0.667. The summed E-state index contributed by atoms with van der Waals surface area (Å²) in [4.78, 5) is 3.80. The molecule has 66 valence electrons. The topological polar surface area (TPSA) is 42.7 Å². The number of halogens is 2. The summed E-state index contributed by atoms with van der Waals surface area (Å²) in [6, 6.07) is -0.816. The third-order valence-corrected chi connectivity index (χ3v) is 1.90. The van der Waals surface area contributed by atoms with Crippen LogP contribution in [0.3, 0.4) is 0 Å². The molecule has 0 radical (unpaired) electrons. The van der Waals surface area contributed by atoms with Gasteiger partial charge in [-0.25, -0.2) is 13.5 Å². The molecule has 0 bridgehead atoms. The van der Waals surface area contributed by atoms with Gasteiger partial charge in [-0.15, -0.1) is 0 Å². The van der Waals surface area contributed by atoms with Gasteiger partial charge in [0.2, 0.25) is 5.95 Å². The largest absolute Gasteiger partial charge is 0.354 e. The monoisotopic (exact) mass is 174 g/mol. The van der Waals surface area contributed by atoms with E-state index < -0.39 is 12.5 Å². The van der Waals surface area contributed by atoms with Crippen molar-refractivity contribution in [2.75, 3.05) is 11.9 Å². The standard InChI is InChI=1S/C6H8F2N4/c7-5(8)4-1-2-9-6-10-3-11-12(4)6/h3-5H,1-2H2,(H,9,10,11). The molecule has 2 heterocycles. The quantitative estimate of drug-likeness (QED) is 0.687. The van der Waals surface area contributed by atoms with E-state index in [-0.39, 0.29) is 0 Å². The maximum absolute atomic E-state index is 12.4. The summed E-state index contributed by atoms with van der Waals surface area (Å²) in [5.74, 6) is 0.437. The van der Waals surface area contributed by atoms with E-state index in [1.807, 2.05) is 0 Å². The van der Waals surface area contributed by atoms with Gasteiger partial charge in [0.05, 0.1) is 0 Å². The van der Waals surface area contributed by atoms with Crippen molar-refractivity contribution in [1.82, 2.24) is 14.8 Å². The molecule has 1 unspecified atom stereocenters. The lowest BCUT2D eigenvalue weighted by Gasteiger charge is -2.23. The molecule has 0 saturated heterocycles. The van der Waals surface area contributed by atoms with E-state index in [1.165, 1.54) is 11.0 Å². The maximum atomic E-state index is 12.4. The van der Waals surface area contributed by atoms with Crippen molar-refractivity contribution in [3.05, 3.63) is 6.33 Å². The molecule has 1 aliphatic rings. The number of hydrogen-bond acceptors (Lipinski definition) is 3. The Labute approximate surface area is 67.6 Å². The molecule has 1 aromatic rings. The molecule has 6 heteroatoms. The molecular weight excluding hydrogens is 166 g/mol. The minimum atomic E-state index is -2.37. The summed E-state index contributed by atoms with van der Waals surface area (Å²) in [6.45, 7) is 0.535. The van der Waals surface area contributed by atoms with Gasteiger partial charge in [0.15, 0.2) is 0 Å². The van der Waals surface area contributed by atoms with Crippen LogP contribution < -0.4 is 5.32 Å². The predicted molar refractivity (Wildman–Crippen MR) is 38.2 cm³/mol. The molecule has 0 saturated carbocycles. The highest BCUT2D eigenvalue weighted by molar-refractivity contribution is 5.26. The van der Waals surface area contributed by atoms with Gasteiger partial charge >= 0.3 is 0 Å². The first-order valence-corrected chi connectivity index (χ1v) is 3.70. The molecule has 0 fully saturated rings. The van der Waals surface area contributed by atoms with E-state index in [9.17, 15) is 8.78 Å². The fourth-order valence-electron chi connectivity index (χ4n) is 1.31. The zero-order valence-electron chi connectivity index (χ0n) is 6.24. The first-order chi connectivity index (χ1) is 5.79. The summed E-state index contributed by atoms with van der Waals surface area (Å²) in [7, 11) is 0. The summed E-state index contributed by atoms with van der Waals surface area (Å²) < 4.78 is 26.0. The zero-order chi connectivity index (χ0) is 8.55. The molecule has 1 aromatic heterocycles. The molecular formula is C6H8F2N4. The van der Waals surface area contributed by atoms with Crippen molar-refractivity contribution in [2.24, 2.45) is 0 Å². The highest BCUT2D eigenvalue weighted by Gasteiger charge is 2.28. The van der Waals surface area contributed by atoms with Crippen LogP contribution in [0, 0.1) is 0 Å². The van der Waals surface area contributed by atoms with E-state index in [4.69, 9.17) is 0 Å². The zero-order valence-corrected chi connectivity index (χ0v) is 6.24. The Hall–Kier alpha value is -1.20. The number of aromatic nitrogens is 3. The van der Waals surface area contributed by atoms with Gasteiger partial charge in [0.1, 0.15) is 12.4 Å². The Morgan fingerprint density at radius 3 is 3.25 bits per heavy atom. The van der Waals surface area contributed by atoms with Gasteiger partial charge < -0.3 is 5.32 Å². The third-order valence-electron chi connectivity index (χ3n) is 1.90. The second-order valence-electron chi connectivity index (χ2n) is 2.65. The fourth-order valence-corrected chi connectivity index (χ4v) is 1.31. The van der Waals surface area contributed by atoms with E-state index >= 15 is 0 Å². The molecule has 0 spiro atoms. The molecule has 0 aromatic carbocycles. The SMILES string of the molecule is FC(F)C1CCNc2ncnn21. The summed E-state index contributed by atoms with van der Waals surface area (Å²) in [5.41, 5.74) is 0. The van der Waals surface area contributed by atoms with Gasteiger partial charge in [0.25, 0.3) is 6.43 Å². The van der Waals surface area contributed by atoms with E-state index in [1.54, 1.807) is 0 Å². The van der Waals surface area contributed by atoms with Crippen LogP contribution in [0.1, 0.15) is 12.5 Å². The Morgan fingerprint density at radius 1 is 1.67 bits per heavy atom. The number of anilines is 1. The van der Waals surface area contributed by atoms with Crippen LogP contribution in [0.4, 0.5) is 14.7 Å². The number of rotatable bonds is 1. The minimum absolute atomic E-state index is 0.397. The van der Waals surface area contributed by atoms with Gasteiger partial charge in [-0.2, -0.15) is 10.1 Å². The first-order valence-electron chi connectivity index (χ1n) is 3.70. The number of nitrogens with one attached hydrogen (secondary N) is 1. The van der Waals surface area contributed by atoms with Crippen LogP contribution in [-0.4, -0.2) is 27.7 Å². The lowest BCUT2D eigenvalue weighted by atomic mass is 10.2. The maximum Gasteiger partial charge on any atom is 0.260 e. The molecule has 1 atom stereocenters. The van der Waals surface area contributed by atoms with Gasteiger partial charge in [-0.3, -0.25) is 0 Å². The van der Waals surface area contributed by atoms with Crippen LogP contribution in [0.15, 0.2) is 6.33 Å². The second-order valence-corrected chi connectivity index (χ2v) is 2.65. The average molecular weight is 174 g/mol. The highest BCUT2D eigenvalue weighted by atomic mass is 19.3. The number of alkyl halides is 2. The van der Waals surface area contributed by atoms with E-state index in [0.29, 0.717) is 18.9 Å². The summed E-state index contributed by atoms with van der Waals surface area (Å²) in [5, 5.41) is 6.61. The minimum Gasteiger partial charge on any atom is -0.354 e. The van der Waals surface area contributed by atoms with Crippen LogP contribution in [0.2, 0.25) is 0 Å². The van der Waals surface area contributed by atoms with Crippen molar-refractivity contribution in [2.45, 2.75) is 18.9 Å². The van der Waals surface area contributed by atoms with Crippen LogP contribution in [0.5, 0.6) is 0 Å². The predicted octanol–water partition coefficient (Wildman–Crippen LogP) is 0.900. The Bertz CT molecular complexity index is 272.